The van der Waals surface area contributed by atoms with Gasteiger partial charge in [-0.05, 0) is 36.2 Å². The first kappa shape index (κ1) is 13.3. The van der Waals surface area contributed by atoms with E-state index in [1.165, 1.54) is 24.0 Å². The molecule has 0 unspecified atom stereocenters. The normalized spacial score (nSPS) is 12.9. The van der Waals surface area contributed by atoms with E-state index in [9.17, 15) is 0 Å². The van der Waals surface area contributed by atoms with Gasteiger partial charge in [-0.1, -0.05) is 64.4 Å². The van der Waals surface area contributed by atoms with Crippen LogP contribution in [-0.2, 0) is 6.42 Å². The zero-order valence-corrected chi connectivity index (χ0v) is 11.7. The summed E-state index contributed by atoms with van der Waals surface area (Å²) in [6, 6.07) is 8.95. The predicted octanol–water partition coefficient (Wildman–Crippen LogP) is 5.00. The van der Waals surface area contributed by atoms with Crippen LogP contribution in [0.5, 0.6) is 0 Å². The second-order valence-electron chi connectivity index (χ2n) is 7.06. The van der Waals surface area contributed by atoms with Gasteiger partial charge in [0.2, 0.25) is 0 Å². The zero-order chi connectivity index (χ0) is 12.4. The molecule has 90 valence electrons. The third-order valence-corrected chi connectivity index (χ3v) is 2.81. The molecule has 0 saturated heterocycles. The highest BCUT2D eigenvalue weighted by atomic mass is 14.3. The van der Waals surface area contributed by atoms with Gasteiger partial charge < -0.3 is 0 Å². The van der Waals surface area contributed by atoms with Crippen LogP contribution in [-0.4, -0.2) is 0 Å². The average molecular weight is 218 g/mol. The molecule has 1 rings (SSSR count). The van der Waals surface area contributed by atoms with Gasteiger partial charge in [-0.2, -0.15) is 0 Å². The summed E-state index contributed by atoms with van der Waals surface area (Å²) < 4.78 is 0. The van der Waals surface area contributed by atoms with Gasteiger partial charge in [0.25, 0.3) is 0 Å². The fourth-order valence-electron chi connectivity index (χ4n) is 2.76. The van der Waals surface area contributed by atoms with Crippen LogP contribution in [0.25, 0.3) is 0 Å². The van der Waals surface area contributed by atoms with Crippen molar-refractivity contribution in [3.63, 3.8) is 0 Å². The van der Waals surface area contributed by atoms with Gasteiger partial charge in [-0.25, -0.2) is 0 Å². The van der Waals surface area contributed by atoms with Crippen molar-refractivity contribution in [2.45, 2.75) is 54.4 Å². The van der Waals surface area contributed by atoms with Crippen LogP contribution in [0.15, 0.2) is 24.3 Å². The lowest BCUT2D eigenvalue weighted by molar-refractivity contribution is 0.211. The summed E-state index contributed by atoms with van der Waals surface area (Å²) in [5.74, 6) is 0. The fraction of sp³-hybridized carbons (Fsp3) is 0.625. The van der Waals surface area contributed by atoms with Crippen LogP contribution < -0.4 is 0 Å². The first-order valence-corrected chi connectivity index (χ1v) is 6.24. The highest BCUT2D eigenvalue weighted by Crippen LogP contribution is 2.35. The lowest BCUT2D eigenvalue weighted by Gasteiger charge is -2.32. The lowest BCUT2D eigenvalue weighted by atomic mass is 9.73. The molecule has 0 saturated carbocycles. The summed E-state index contributed by atoms with van der Waals surface area (Å²) in [4.78, 5) is 0. The Labute approximate surface area is 101 Å². The molecule has 0 N–H and O–H groups in total. The second-order valence-corrected chi connectivity index (χ2v) is 7.06. The Balaban J connectivity index is 2.69. The van der Waals surface area contributed by atoms with E-state index in [1.807, 2.05) is 0 Å². The van der Waals surface area contributed by atoms with Crippen molar-refractivity contribution >= 4 is 0 Å². The zero-order valence-electron chi connectivity index (χ0n) is 11.7. The Morgan fingerprint density at radius 3 is 1.81 bits per heavy atom. The third-order valence-electron chi connectivity index (χ3n) is 2.81. The third kappa shape index (κ3) is 4.83. The molecule has 0 nitrogen and oxygen atoms in total. The Kier molecular flexibility index (Phi) is 3.83. The van der Waals surface area contributed by atoms with Gasteiger partial charge in [0.05, 0.1) is 0 Å². The molecule has 0 aromatic heterocycles. The number of rotatable bonds is 3. The summed E-state index contributed by atoms with van der Waals surface area (Å²) >= 11 is 0. The van der Waals surface area contributed by atoms with E-state index in [4.69, 9.17) is 0 Å². The monoisotopic (exact) mass is 218 g/mol. The minimum absolute atomic E-state index is 0.382. The predicted molar refractivity (Wildman–Crippen MR) is 72.7 cm³/mol. The van der Waals surface area contributed by atoms with Crippen LogP contribution in [0.4, 0.5) is 0 Å². The molecule has 0 atom stereocenters. The van der Waals surface area contributed by atoms with Crippen LogP contribution >= 0.6 is 0 Å². The van der Waals surface area contributed by atoms with Crippen molar-refractivity contribution in [3.8, 4) is 0 Å². The van der Waals surface area contributed by atoms with Crippen molar-refractivity contribution in [2.75, 3.05) is 0 Å². The molecule has 0 radical (unpaired) electrons. The number of aryl methyl sites for hydroxylation is 1. The van der Waals surface area contributed by atoms with Crippen molar-refractivity contribution in [2.24, 2.45) is 10.8 Å². The Hall–Kier alpha value is -0.780. The van der Waals surface area contributed by atoms with Crippen LogP contribution in [0.3, 0.4) is 0 Å². The highest BCUT2D eigenvalue weighted by Gasteiger charge is 2.25. The second kappa shape index (κ2) is 4.61. The highest BCUT2D eigenvalue weighted by molar-refractivity contribution is 5.22. The Morgan fingerprint density at radius 2 is 1.38 bits per heavy atom. The largest absolute Gasteiger partial charge is 0.0602 e. The van der Waals surface area contributed by atoms with Gasteiger partial charge >= 0.3 is 0 Å². The Bertz CT molecular complexity index is 322. The van der Waals surface area contributed by atoms with Crippen molar-refractivity contribution in [1.29, 1.82) is 0 Å². The van der Waals surface area contributed by atoms with E-state index in [0.717, 1.165) is 0 Å². The van der Waals surface area contributed by atoms with E-state index in [-0.39, 0.29) is 0 Å². The summed E-state index contributed by atoms with van der Waals surface area (Å²) in [7, 11) is 0. The van der Waals surface area contributed by atoms with Crippen LogP contribution in [0.2, 0.25) is 0 Å². The quantitative estimate of drug-likeness (QED) is 0.669. The molecule has 1 aromatic carbocycles. The molecule has 0 spiro atoms. The summed E-state index contributed by atoms with van der Waals surface area (Å²) in [5, 5.41) is 0. The molecule has 0 aliphatic rings. The standard InChI is InChI=1S/C16H26/c1-13-7-9-14(10-8-13)11-16(5,6)12-15(2,3)4/h7-10H,11-12H2,1-6H3. The maximum absolute atomic E-state index is 2.37. The van der Waals surface area contributed by atoms with E-state index < -0.39 is 0 Å². The maximum Gasteiger partial charge on any atom is -0.0227 e. The summed E-state index contributed by atoms with van der Waals surface area (Å²) in [6.45, 7) is 13.9. The topological polar surface area (TPSA) is 0 Å². The first-order valence-electron chi connectivity index (χ1n) is 6.24. The van der Waals surface area contributed by atoms with Crippen molar-refractivity contribution < 1.29 is 0 Å². The van der Waals surface area contributed by atoms with Crippen LogP contribution in [0, 0.1) is 17.8 Å². The summed E-state index contributed by atoms with van der Waals surface area (Å²) in [5.41, 5.74) is 3.60. The molecular weight excluding hydrogens is 192 g/mol. The van der Waals surface area contributed by atoms with Gasteiger partial charge in [0.1, 0.15) is 0 Å². The van der Waals surface area contributed by atoms with Gasteiger partial charge in [0.15, 0.2) is 0 Å². The molecule has 0 bridgehead atoms. The molecular formula is C16H26. The molecule has 0 amide bonds. The average Bonchev–Trinajstić information content (AvgIpc) is 2.04. The van der Waals surface area contributed by atoms with Crippen molar-refractivity contribution in [3.05, 3.63) is 35.4 Å². The van der Waals surface area contributed by atoms with E-state index in [2.05, 4.69) is 65.8 Å². The SMILES string of the molecule is Cc1ccc(CC(C)(C)CC(C)(C)C)cc1. The molecule has 16 heavy (non-hydrogen) atoms. The minimum atomic E-state index is 0.382. The molecule has 0 heterocycles. The van der Waals surface area contributed by atoms with Gasteiger partial charge in [-0.3, -0.25) is 0 Å². The lowest BCUT2D eigenvalue weighted by Crippen LogP contribution is -2.22. The van der Waals surface area contributed by atoms with Crippen LogP contribution in [0.1, 0.15) is 52.2 Å². The smallest absolute Gasteiger partial charge is 0.0227 e. The molecule has 0 aliphatic heterocycles. The van der Waals surface area contributed by atoms with Crippen molar-refractivity contribution in [1.82, 2.24) is 0 Å². The number of hydrogen-bond donors (Lipinski definition) is 0. The molecule has 0 aliphatic carbocycles. The Morgan fingerprint density at radius 1 is 0.875 bits per heavy atom. The van der Waals surface area contributed by atoms with Gasteiger partial charge in [0, 0.05) is 0 Å². The fourth-order valence-corrected chi connectivity index (χ4v) is 2.76. The number of benzene rings is 1. The molecule has 0 fully saturated rings. The first-order chi connectivity index (χ1) is 7.18. The van der Waals surface area contributed by atoms with E-state index >= 15 is 0 Å². The number of hydrogen-bond acceptors (Lipinski definition) is 0. The molecule has 0 heteroatoms. The minimum Gasteiger partial charge on any atom is -0.0602 e. The van der Waals surface area contributed by atoms with E-state index in [0.29, 0.717) is 10.8 Å². The van der Waals surface area contributed by atoms with E-state index in [1.54, 1.807) is 0 Å². The molecule has 1 aromatic rings. The summed E-state index contributed by atoms with van der Waals surface area (Å²) in [6.07, 6.45) is 2.43. The maximum atomic E-state index is 2.37. The van der Waals surface area contributed by atoms with Gasteiger partial charge in [-0.15, -0.1) is 0 Å².